The Labute approximate surface area is 142 Å². The number of amides is 2. The van der Waals surface area contributed by atoms with Crippen LogP contribution in [0.4, 0.5) is 10.5 Å². The number of aromatic nitrogens is 1. The standard InChI is InChI=1S/C19H23N3O2/c1-2-3-12-24-17-9-7-16(8-10-17)21-19(23)22-13-15(14-22)18-6-4-5-11-20-18/h4-11,15H,2-3,12-14H2,1H3,(H,21,23). The second-order valence-electron chi connectivity index (χ2n) is 6.01. The highest BCUT2D eigenvalue weighted by molar-refractivity contribution is 5.90. The summed E-state index contributed by atoms with van der Waals surface area (Å²) in [5.41, 5.74) is 1.83. The van der Waals surface area contributed by atoms with Gasteiger partial charge >= 0.3 is 6.03 Å². The van der Waals surface area contributed by atoms with Crippen molar-refractivity contribution in [3.05, 3.63) is 54.4 Å². The molecule has 126 valence electrons. The van der Waals surface area contributed by atoms with E-state index in [0.29, 0.717) is 19.0 Å². The van der Waals surface area contributed by atoms with Crippen LogP contribution in [0.2, 0.25) is 0 Å². The van der Waals surface area contributed by atoms with Crippen LogP contribution in [-0.2, 0) is 0 Å². The van der Waals surface area contributed by atoms with Crippen LogP contribution in [0.1, 0.15) is 31.4 Å². The molecule has 1 aliphatic rings. The van der Waals surface area contributed by atoms with E-state index in [-0.39, 0.29) is 6.03 Å². The fourth-order valence-electron chi connectivity index (χ4n) is 2.62. The van der Waals surface area contributed by atoms with Crippen molar-refractivity contribution in [3.8, 4) is 5.75 Å². The fourth-order valence-corrected chi connectivity index (χ4v) is 2.62. The topological polar surface area (TPSA) is 54.5 Å². The number of likely N-dealkylation sites (tertiary alicyclic amines) is 1. The summed E-state index contributed by atoms with van der Waals surface area (Å²) in [7, 11) is 0. The third kappa shape index (κ3) is 4.04. The van der Waals surface area contributed by atoms with Gasteiger partial charge in [0.25, 0.3) is 0 Å². The molecule has 0 radical (unpaired) electrons. The molecule has 0 saturated carbocycles. The number of benzene rings is 1. The molecule has 1 fully saturated rings. The molecule has 5 nitrogen and oxygen atoms in total. The van der Waals surface area contributed by atoms with E-state index >= 15 is 0 Å². The van der Waals surface area contributed by atoms with E-state index in [1.807, 2.05) is 42.5 Å². The summed E-state index contributed by atoms with van der Waals surface area (Å²) in [4.78, 5) is 18.4. The number of nitrogens with zero attached hydrogens (tertiary/aromatic N) is 2. The van der Waals surface area contributed by atoms with Gasteiger partial charge < -0.3 is 15.0 Å². The summed E-state index contributed by atoms with van der Waals surface area (Å²) in [6.45, 7) is 4.28. The van der Waals surface area contributed by atoms with Gasteiger partial charge in [-0.25, -0.2) is 4.79 Å². The summed E-state index contributed by atoms with van der Waals surface area (Å²) < 4.78 is 5.62. The number of unbranched alkanes of at least 4 members (excludes halogenated alkanes) is 1. The number of carbonyl (C=O) groups is 1. The first kappa shape index (κ1) is 16.3. The van der Waals surface area contributed by atoms with Crippen LogP contribution >= 0.6 is 0 Å². The predicted molar refractivity (Wildman–Crippen MR) is 94.4 cm³/mol. The average Bonchev–Trinajstić information content (AvgIpc) is 2.56. The number of nitrogens with one attached hydrogen (secondary N) is 1. The monoisotopic (exact) mass is 325 g/mol. The lowest BCUT2D eigenvalue weighted by atomic mass is 9.96. The first-order chi connectivity index (χ1) is 11.8. The van der Waals surface area contributed by atoms with E-state index in [9.17, 15) is 4.79 Å². The first-order valence-electron chi connectivity index (χ1n) is 8.46. The molecule has 1 saturated heterocycles. The Bertz CT molecular complexity index is 652. The fraction of sp³-hybridized carbons (Fsp3) is 0.368. The largest absolute Gasteiger partial charge is 0.494 e. The van der Waals surface area contributed by atoms with Gasteiger partial charge in [-0.15, -0.1) is 0 Å². The van der Waals surface area contributed by atoms with E-state index < -0.39 is 0 Å². The zero-order valence-corrected chi connectivity index (χ0v) is 13.9. The lowest BCUT2D eigenvalue weighted by Crippen LogP contribution is -2.50. The molecule has 2 aromatic rings. The minimum absolute atomic E-state index is 0.0677. The van der Waals surface area contributed by atoms with Crippen molar-refractivity contribution < 1.29 is 9.53 Å². The van der Waals surface area contributed by atoms with Crippen molar-refractivity contribution in [1.29, 1.82) is 0 Å². The van der Waals surface area contributed by atoms with Gasteiger partial charge in [-0.05, 0) is 42.8 Å². The van der Waals surface area contributed by atoms with Crippen LogP contribution in [0.25, 0.3) is 0 Å². The number of ether oxygens (including phenoxy) is 1. The molecular weight excluding hydrogens is 302 g/mol. The molecule has 1 aromatic heterocycles. The SMILES string of the molecule is CCCCOc1ccc(NC(=O)N2CC(c3ccccn3)C2)cc1. The Morgan fingerprint density at radius 2 is 2.04 bits per heavy atom. The minimum atomic E-state index is -0.0677. The molecular formula is C19H23N3O2. The van der Waals surface area contributed by atoms with Crippen molar-refractivity contribution in [2.45, 2.75) is 25.7 Å². The summed E-state index contributed by atoms with van der Waals surface area (Å²) in [6.07, 6.45) is 3.95. The highest BCUT2D eigenvalue weighted by atomic mass is 16.5. The van der Waals surface area contributed by atoms with Crippen LogP contribution in [0, 0.1) is 0 Å². The first-order valence-corrected chi connectivity index (χ1v) is 8.46. The van der Waals surface area contributed by atoms with Crippen LogP contribution in [-0.4, -0.2) is 35.6 Å². The van der Waals surface area contributed by atoms with Crippen LogP contribution in [0.5, 0.6) is 5.75 Å². The van der Waals surface area contributed by atoms with Crippen molar-refractivity contribution in [1.82, 2.24) is 9.88 Å². The molecule has 1 N–H and O–H groups in total. The Kier molecular flexibility index (Phi) is 5.31. The Morgan fingerprint density at radius 1 is 1.25 bits per heavy atom. The zero-order chi connectivity index (χ0) is 16.8. The lowest BCUT2D eigenvalue weighted by Gasteiger charge is -2.38. The zero-order valence-electron chi connectivity index (χ0n) is 13.9. The van der Waals surface area contributed by atoms with Gasteiger partial charge in [0.1, 0.15) is 5.75 Å². The van der Waals surface area contributed by atoms with Gasteiger partial charge in [0.15, 0.2) is 0 Å². The van der Waals surface area contributed by atoms with E-state index in [0.717, 1.165) is 36.6 Å². The van der Waals surface area contributed by atoms with E-state index in [1.165, 1.54) is 0 Å². The molecule has 0 spiro atoms. The number of urea groups is 1. The molecule has 3 rings (SSSR count). The predicted octanol–water partition coefficient (Wildman–Crippen LogP) is 3.89. The van der Waals surface area contributed by atoms with Crippen molar-refractivity contribution in [2.75, 3.05) is 25.0 Å². The molecule has 2 heterocycles. The number of hydrogen-bond acceptors (Lipinski definition) is 3. The third-order valence-corrected chi connectivity index (χ3v) is 4.15. The van der Waals surface area contributed by atoms with Gasteiger partial charge in [-0.2, -0.15) is 0 Å². The second-order valence-corrected chi connectivity index (χ2v) is 6.01. The summed E-state index contributed by atoms with van der Waals surface area (Å²) in [5, 5.41) is 2.92. The Balaban J connectivity index is 1.46. The molecule has 1 aromatic carbocycles. The molecule has 0 bridgehead atoms. The molecule has 24 heavy (non-hydrogen) atoms. The molecule has 2 amide bonds. The number of rotatable bonds is 6. The van der Waals surface area contributed by atoms with Crippen LogP contribution in [0.15, 0.2) is 48.7 Å². The van der Waals surface area contributed by atoms with E-state index in [1.54, 1.807) is 11.1 Å². The van der Waals surface area contributed by atoms with Crippen molar-refractivity contribution in [2.24, 2.45) is 0 Å². The van der Waals surface area contributed by atoms with Crippen LogP contribution < -0.4 is 10.1 Å². The lowest BCUT2D eigenvalue weighted by molar-refractivity contribution is 0.162. The van der Waals surface area contributed by atoms with Crippen LogP contribution in [0.3, 0.4) is 0 Å². The molecule has 0 unspecified atom stereocenters. The maximum absolute atomic E-state index is 12.2. The Morgan fingerprint density at radius 3 is 2.71 bits per heavy atom. The maximum atomic E-state index is 12.2. The average molecular weight is 325 g/mol. The van der Waals surface area contributed by atoms with Gasteiger partial charge in [-0.1, -0.05) is 19.4 Å². The van der Waals surface area contributed by atoms with Gasteiger partial charge in [0.05, 0.1) is 6.61 Å². The highest BCUT2D eigenvalue weighted by Gasteiger charge is 2.32. The van der Waals surface area contributed by atoms with Crippen molar-refractivity contribution >= 4 is 11.7 Å². The summed E-state index contributed by atoms with van der Waals surface area (Å²) in [5.74, 6) is 1.17. The molecule has 1 aliphatic heterocycles. The van der Waals surface area contributed by atoms with Gasteiger partial charge in [-0.3, -0.25) is 4.98 Å². The molecule has 0 aliphatic carbocycles. The van der Waals surface area contributed by atoms with Gasteiger partial charge in [0, 0.05) is 36.6 Å². The maximum Gasteiger partial charge on any atom is 0.321 e. The quantitative estimate of drug-likeness (QED) is 0.820. The number of hydrogen-bond donors (Lipinski definition) is 1. The third-order valence-electron chi connectivity index (χ3n) is 4.15. The number of carbonyl (C=O) groups excluding carboxylic acids is 1. The smallest absolute Gasteiger partial charge is 0.321 e. The second kappa shape index (κ2) is 7.81. The normalized spacial score (nSPS) is 14.1. The number of anilines is 1. The summed E-state index contributed by atoms with van der Waals surface area (Å²) >= 11 is 0. The number of pyridine rings is 1. The molecule has 0 atom stereocenters. The van der Waals surface area contributed by atoms with E-state index in [2.05, 4.69) is 17.2 Å². The Hall–Kier alpha value is -2.56. The highest BCUT2D eigenvalue weighted by Crippen LogP contribution is 2.26. The minimum Gasteiger partial charge on any atom is -0.494 e. The van der Waals surface area contributed by atoms with Crippen molar-refractivity contribution in [3.63, 3.8) is 0 Å². The molecule has 5 heteroatoms. The summed E-state index contributed by atoms with van der Waals surface area (Å²) in [6, 6.07) is 13.3. The van der Waals surface area contributed by atoms with E-state index in [4.69, 9.17) is 4.74 Å². The van der Waals surface area contributed by atoms with Gasteiger partial charge in [0.2, 0.25) is 0 Å².